The smallest absolute Gasteiger partial charge is 0.326 e. The van der Waals surface area contributed by atoms with Crippen LogP contribution in [0.15, 0.2) is 24.3 Å². The van der Waals surface area contributed by atoms with E-state index in [1.165, 1.54) is 0 Å². The first kappa shape index (κ1) is 17.9. The maximum absolute atomic E-state index is 12.1. The highest BCUT2D eigenvalue weighted by Crippen LogP contribution is 2.16. The Labute approximate surface area is 122 Å². The van der Waals surface area contributed by atoms with E-state index >= 15 is 0 Å². The second kappa shape index (κ2) is 7.21. The molecule has 0 aliphatic rings. The zero-order valence-electron chi connectivity index (χ0n) is 11.5. The van der Waals surface area contributed by atoms with E-state index in [0.717, 1.165) is 9.87 Å². The van der Waals surface area contributed by atoms with Crippen molar-refractivity contribution in [3.05, 3.63) is 35.4 Å². The molecule has 0 aliphatic carbocycles. The summed E-state index contributed by atoms with van der Waals surface area (Å²) in [6.45, 7) is 0.204. The van der Waals surface area contributed by atoms with E-state index in [-0.39, 0.29) is 19.6 Å². The lowest BCUT2D eigenvalue weighted by Gasteiger charge is -2.22. The summed E-state index contributed by atoms with van der Waals surface area (Å²) in [5.74, 6) is 0. The Hall–Kier alpha value is -1.16. The SMILES string of the molecule is CCN(Cc1ccccc1CN)S(=O)(=O)NCC(F)(F)F. The molecule has 0 amide bonds. The van der Waals surface area contributed by atoms with Gasteiger partial charge in [0.2, 0.25) is 0 Å². The van der Waals surface area contributed by atoms with Gasteiger partial charge in [-0.2, -0.15) is 30.6 Å². The van der Waals surface area contributed by atoms with Crippen molar-refractivity contribution in [3.8, 4) is 0 Å². The number of alkyl halides is 3. The Kier molecular flexibility index (Phi) is 6.14. The fourth-order valence-electron chi connectivity index (χ4n) is 1.73. The Morgan fingerprint density at radius 1 is 1.24 bits per heavy atom. The fraction of sp³-hybridized carbons (Fsp3) is 0.500. The summed E-state index contributed by atoms with van der Waals surface area (Å²) >= 11 is 0. The van der Waals surface area contributed by atoms with Crippen molar-refractivity contribution in [2.24, 2.45) is 5.73 Å². The normalized spacial score (nSPS) is 12.9. The highest BCUT2D eigenvalue weighted by Gasteiger charge is 2.31. The van der Waals surface area contributed by atoms with E-state index in [9.17, 15) is 21.6 Å². The number of nitrogens with one attached hydrogen (secondary N) is 1. The maximum atomic E-state index is 12.1. The van der Waals surface area contributed by atoms with Gasteiger partial charge in [-0.25, -0.2) is 0 Å². The molecule has 0 aliphatic heterocycles. The molecule has 120 valence electrons. The molecule has 3 N–H and O–H groups in total. The van der Waals surface area contributed by atoms with Gasteiger partial charge in [-0.3, -0.25) is 0 Å². The number of halogens is 3. The van der Waals surface area contributed by atoms with Gasteiger partial charge in [0.05, 0.1) is 0 Å². The summed E-state index contributed by atoms with van der Waals surface area (Å²) in [5.41, 5.74) is 6.98. The average Bonchev–Trinajstić information content (AvgIpc) is 2.42. The summed E-state index contributed by atoms with van der Waals surface area (Å²) in [6.07, 6.45) is -4.60. The van der Waals surface area contributed by atoms with Crippen molar-refractivity contribution in [1.82, 2.24) is 9.03 Å². The molecule has 0 bridgehead atoms. The second-order valence-corrected chi connectivity index (χ2v) is 6.10. The van der Waals surface area contributed by atoms with E-state index in [2.05, 4.69) is 0 Å². The van der Waals surface area contributed by atoms with Crippen LogP contribution in [0.2, 0.25) is 0 Å². The molecule has 5 nitrogen and oxygen atoms in total. The van der Waals surface area contributed by atoms with Crippen LogP contribution in [0.5, 0.6) is 0 Å². The third kappa shape index (κ3) is 5.62. The predicted molar refractivity (Wildman–Crippen MR) is 73.4 cm³/mol. The highest BCUT2D eigenvalue weighted by molar-refractivity contribution is 7.87. The Balaban J connectivity index is 2.87. The van der Waals surface area contributed by atoms with Crippen LogP contribution in [-0.4, -0.2) is 32.0 Å². The first-order valence-electron chi connectivity index (χ1n) is 6.28. The zero-order valence-corrected chi connectivity index (χ0v) is 12.3. The summed E-state index contributed by atoms with van der Waals surface area (Å²) in [4.78, 5) is 0. The topological polar surface area (TPSA) is 75.4 Å². The van der Waals surface area contributed by atoms with E-state index in [1.54, 1.807) is 35.9 Å². The van der Waals surface area contributed by atoms with Crippen molar-refractivity contribution >= 4 is 10.2 Å². The predicted octanol–water partition coefficient (Wildman–Crippen LogP) is 1.36. The summed E-state index contributed by atoms with van der Waals surface area (Å²) in [7, 11) is -4.21. The Morgan fingerprint density at radius 2 is 1.81 bits per heavy atom. The molecule has 0 saturated heterocycles. The second-order valence-electron chi connectivity index (χ2n) is 4.34. The standard InChI is InChI=1S/C12H18F3N3O2S/c1-2-18(21(19,20)17-9-12(13,14)15)8-11-6-4-3-5-10(11)7-16/h3-6,17H,2,7-9,16H2,1H3. The number of benzene rings is 1. The van der Waals surface area contributed by atoms with Gasteiger partial charge in [0.1, 0.15) is 6.54 Å². The molecule has 0 saturated carbocycles. The van der Waals surface area contributed by atoms with Crippen LogP contribution < -0.4 is 10.5 Å². The van der Waals surface area contributed by atoms with Gasteiger partial charge in [0.15, 0.2) is 0 Å². The van der Waals surface area contributed by atoms with Crippen LogP contribution in [0.25, 0.3) is 0 Å². The van der Waals surface area contributed by atoms with Crippen molar-refractivity contribution in [1.29, 1.82) is 0 Å². The number of nitrogens with zero attached hydrogens (tertiary/aromatic N) is 1. The van der Waals surface area contributed by atoms with E-state index < -0.39 is 22.9 Å². The lowest BCUT2D eigenvalue weighted by molar-refractivity contribution is -0.121. The minimum atomic E-state index is -4.60. The van der Waals surface area contributed by atoms with Crippen molar-refractivity contribution in [2.75, 3.05) is 13.1 Å². The quantitative estimate of drug-likeness (QED) is 0.795. The number of hydrogen-bond acceptors (Lipinski definition) is 3. The maximum Gasteiger partial charge on any atom is 0.402 e. The van der Waals surface area contributed by atoms with E-state index in [4.69, 9.17) is 5.73 Å². The van der Waals surface area contributed by atoms with Crippen LogP contribution in [0, 0.1) is 0 Å². The first-order valence-corrected chi connectivity index (χ1v) is 7.72. The fourth-order valence-corrected chi connectivity index (χ4v) is 2.91. The number of nitrogens with two attached hydrogens (primary N) is 1. The molecule has 9 heteroatoms. The molecule has 21 heavy (non-hydrogen) atoms. The number of hydrogen-bond donors (Lipinski definition) is 2. The molecular weight excluding hydrogens is 307 g/mol. The van der Waals surface area contributed by atoms with Crippen LogP contribution >= 0.6 is 0 Å². The third-order valence-corrected chi connectivity index (χ3v) is 4.41. The molecule has 1 aromatic rings. The van der Waals surface area contributed by atoms with Gasteiger partial charge >= 0.3 is 6.18 Å². The molecule has 1 aromatic carbocycles. The van der Waals surface area contributed by atoms with Gasteiger partial charge in [0.25, 0.3) is 10.2 Å². The summed E-state index contributed by atoms with van der Waals surface area (Å²) in [5, 5.41) is 0. The van der Waals surface area contributed by atoms with Crippen molar-refractivity contribution in [3.63, 3.8) is 0 Å². The molecule has 0 unspecified atom stereocenters. The van der Waals surface area contributed by atoms with Gasteiger partial charge in [-0.15, -0.1) is 0 Å². The summed E-state index contributed by atoms with van der Waals surface area (Å²) < 4.78 is 62.7. The first-order chi connectivity index (χ1) is 9.69. The average molecular weight is 325 g/mol. The largest absolute Gasteiger partial charge is 0.402 e. The molecule has 0 atom stereocenters. The van der Waals surface area contributed by atoms with Crippen LogP contribution in [-0.2, 0) is 23.3 Å². The van der Waals surface area contributed by atoms with Crippen molar-refractivity contribution < 1.29 is 21.6 Å². The van der Waals surface area contributed by atoms with Gasteiger partial charge in [-0.05, 0) is 11.1 Å². The Bertz CT molecular complexity index is 561. The van der Waals surface area contributed by atoms with E-state index in [0.29, 0.717) is 5.56 Å². The van der Waals surface area contributed by atoms with Gasteiger partial charge in [0, 0.05) is 19.6 Å². The molecule has 1 rings (SSSR count). The molecule has 0 fully saturated rings. The lowest BCUT2D eigenvalue weighted by atomic mass is 10.1. The molecular formula is C12H18F3N3O2S. The van der Waals surface area contributed by atoms with Crippen LogP contribution in [0.4, 0.5) is 13.2 Å². The zero-order chi connectivity index (χ0) is 16.1. The van der Waals surface area contributed by atoms with Gasteiger partial charge < -0.3 is 5.73 Å². The molecule has 0 heterocycles. The molecule has 0 radical (unpaired) electrons. The monoisotopic (exact) mass is 325 g/mol. The summed E-state index contributed by atoms with van der Waals surface area (Å²) in [6, 6.07) is 6.93. The lowest BCUT2D eigenvalue weighted by Crippen LogP contribution is -2.44. The minimum absolute atomic E-state index is 0.0307. The number of rotatable bonds is 7. The van der Waals surface area contributed by atoms with Crippen LogP contribution in [0.3, 0.4) is 0 Å². The molecule has 0 spiro atoms. The minimum Gasteiger partial charge on any atom is -0.326 e. The van der Waals surface area contributed by atoms with Crippen LogP contribution in [0.1, 0.15) is 18.1 Å². The van der Waals surface area contributed by atoms with E-state index in [1.807, 2.05) is 0 Å². The molecule has 0 aromatic heterocycles. The van der Waals surface area contributed by atoms with Gasteiger partial charge in [-0.1, -0.05) is 31.2 Å². The highest BCUT2D eigenvalue weighted by atomic mass is 32.2. The third-order valence-electron chi connectivity index (χ3n) is 2.83. The van der Waals surface area contributed by atoms with Crippen molar-refractivity contribution in [2.45, 2.75) is 26.2 Å². The Morgan fingerprint density at radius 3 is 2.29 bits per heavy atom.